The Morgan fingerprint density at radius 3 is 2.62 bits per heavy atom. The summed E-state index contributed by atoms with van der Waals surface area (Å²) in [4.78, 5) is 11.3. The van der Waals surface area contributed by atoms with Crippen LogP contribution in [0.2, 0.25) is 0 Å². The van der Waals surface area contributed by atoms with E-state index in [0.717, 1.165) is 6.54 Å². The van der Waals surface area contributed by atoms with Crippen molar-refractivity contribution < 1.29 is 4.79 Å². The van der Waals surface area contributed by atoms with E-state index < -0.39 is 0 Å². The van der Waals surface area contributed by atoms with Crippen LogP contribution in [-0.2, 0) is 4.79 Å². The van der Waals surface area contributed by atoms with Crippen LogP contribution in [0, 0.1) is 0 Å². The van der Waals surface area contributed by atoms with Gasteiger partial charge >= 0.3 is 0 Å². The van der Waals surface area contributed by atoms with E-state index in [1.807, 2.05) is 7.05 Å². The van der Waals surface area contributed by atoms with Crippen LogP contribution in [0.5, 0.6) is 0 Å². The summed E-state index contributed by atoms with van der Waals surface area (Å²) in [7, 11) is 1.87. The Morgan fingerprint density at radius 1 is 1.31 bits per heavy atom. The first-order valence-electron chi connectivity index (χ1n) is 5.27. The molecule has 1 aliphatic carbocycles. The molecule has 0 spiro atoms. The topological polar surface area (TPSA) is 41.1 Å². The summed E-state index contributed by atoms with van der Waals surface area (Å²) in [6.45, 7) is 0.776. The lowest BCUT2D eigenvalue weighted by atomic mass is 9.95. The molecule has 1 fully saturated rings. The van der Waals surface area contributed by atoms with E-state index in [9.17, 15) is 4.79 Å². The molecule has 3 nitrogen and oxygen atoms in total. The number of hydrogen-bond donors (Lipinski definition) is 2. The Balaban J connectivity index is 2.11. The van der Waals surface area contributed by atoms with Gasteiger partial charge in [0, 0.05) is 19.0 Å². The third kappa shape index (κ3) is 4.27. The fraction of sp³-hybridized carbons (Fsp3) is 0.900. The third-order valence-corrected chi connectivity index (χ3v) is 2.57. The Kier molecular flexibility index (Phi) is 4.83. The number of carbonyl (C=O) groups is 1. The van der Waals surface area contributed by atoms with Gasteiger partial charge in [0.05, 0.1) is 0 Å². The second-order valence-electron chi connectivity index (χ2n) is 3.76. The molecule has 76 valence electrons. The summed E-state index contributed by atoms with van der Waals surface area (Å²) in [6, 6.07) is 0.457. The van der Waals surface area contributed by atoms with Gasteiger partial charge in [0.25, 0.3) is 0 Å². The van der Waals surface area contributed by atoms with Crippen LogP contribution in [0.4, 0.5) is 0 Å². The van der Waals surface area contributed by atoms with Crippen LogP contribution in [0.25, 0.3) is 0 Å². The molecule has 3 heteroatoms. The van der Waals surface area contributed by atoms with Gasteiger partial charge in [-0.2, -0.15) is 0 Å². The standard InChI is InChI=1S/C10H20N2O/c1-11-8-7-10(13)12-9-5-3-2-4-6-9/h9,11H,2-8H2,1H3,(H,12,13). The predicted molar refractivity (Wildman–Crippen MR) is 53.6 cm³/mol. The maximum Gasteiger partial charge on any atom is 0.221 e. The number of carbonyl (C=O) groups excluding carboxylic acids is 1. The second-order valence-corrected chi connectivity index (χ2v) is 3.76. The predicted octanol–water partition coefficient (Wildman–Crippen LogP) is 1.04. The van der Waals surface area contributed by atoms with Crippen molar-refractivity contribution in [3.63, 3.8) is 0 Å². The molecule has 13 heavy (non-hydrogen) atoms. The van der Waals surface area contributed by atoms with Gasteiger partial charge in [0.15, 0.2) is 0 Å². The Morgan fingerprint density at radius 2 is 2.00 bits per heavy atom. The van der Waals surface area contributed by atoms with Crippen molar-refractivity contribution in [3.05, 3.63) is 0 Å². The van der Waals surface area contributed by atoms with Gasteiger partial charge < -0.3 is 10.6 Å². The quantitative estimate of drug-likeness (QED) is 0.685. The Hall–Kier alpha value is -0.570. The van der Waals surface area contributed by atoms with Gasteiger partial charge in [-0.3, -0.25) is 4.79 Å². The maximum atomic E-state index is 11.3. The van der Waals surface area contributed by atoms with Gasteiger partial charge in [0.2, 0.25) is 5.91 Å². The molecule has 0 atom stereocenters. The summed E-state index contributed by atoms with van der Waals surface area (Å²) in [5, 5.41) is 6.05. The molecule has 0 aliphatic heterocycles. The molecule has 0 aromatic rings. The van der Waals surface area contributed by atoms with Crippen LogP contribution < -0.4 is 10.6 Å². The molecule has 0 aromatic carbocycles. The van der Waals surface area contributed by atoms with Crippen molar-refractivity contribution in [1.82, 2.24) is 10.6 Å². The molecule has 2 N–H and O–H groups in total. The molecule has 1 aliphatic rings. The highest BCUT2D eigenvalue weighted by atomic mass is 16.1. The van der Waals surface area contributed by atoms with E-state index in [4.69, 9.17) is 0 Å². The molecule has 0 aromatic heterocycles. The first-order chi connectivity index (χ1) is 6.33. The maximum absolute atomic E-state index is 11.3. The summed E-state index contributed by atoms with van der Waals surface area (Å²) in [6.07, 6.45) is 6.83. The largest absolute Gasteiger partial charge is 0.353 e. The van der Waals surface area contributed by atoms with Crippen molar-refractivity contribution in [1.29, 1.82) is 0 Å². The van der Waals surface area contributed by atoms with E-state index in [1.165, 1.54) is 32.1 Å². The smallest absolute Gasteiger partial charge is 0.221 e. The summed E-state index contributed by atoms with van der Waals surface area (Å²) >= 11 is 0. The average Bonchev–Trinajstić information content (AvgIpc) is 2.16. The van der Waals surface area contributed by atoms with Gasteiger partial charge in [-0.15, -0.1) is 0 Å². The number of amides is 1. The minimum Gasteiger partial charge on any atom is -0.353 e. The van der Waals surface area contributed by atoms with E-state index in [0.29, 0.717) is 12.5 Å². The Bertz CT molecular complexity index is 153. The molecule has 1 rings (SSSR count). The first-order valence-corrected chi connectivity index (χ1v) is 5.27. The van der Waals surface area contributed by atoms with E-state index in [-0.39, 0.29) is 5.91 Å². The molecule has 0 bridgehead atoms. The lowest BCUT2D eigenvalue weighted by molar-refractivity contribution is -0.121. The molecule has 1 saturated carbocycles. The van der Waals surface area contributed by atoms with Crippen molar-refractivity contribution >= 4 is 5.91 Å². The zero-order valence-electron chi connectivity index (χ0n) is 8.44. The van der Waals surface area contributed by atoms with E-state index >= 15 is 0 Å². The summed E-state index contributed by atoms with van der Waals surface area (Å²) in [5.74, 6) is 0.196. The zero-order valence-corrected chi connectivity index (χ0v) is 8.44. The van der Waals surface area contributed by atoms with Crippen molar-refractivity contribution in [2.75, 3.05) is 13.6 Å². The number of hydrogen-bond acceptors (Lipinski definition) is 2. The van der Waals surface area contributed by atoms with Crippen LogP contribution in [-0.4, -0.2) is 25.5 Å². The normalized spacial score (nSPS) is 18.5. The Labute approximate surface area is 80.3 Å². The van der Waals surface area contributed by atoms with Crippen molar-refractivity contribution in [2.45, 2.75) is 44.6 Å². The molecule has 0 unspecified atom stereocenters. The molecule has 0 radical (unpaired) electrons. The molecule has 1 amide bonds. The van der Waals surface area contributed by atoms with E-state index in [1.54, 1.807) is 0 Å². The molecular formula is C10H20N2O. The average molecular weight is 184 g/mol. The van der Waals surface area contributed by atoms with Crippen molar-refractivity contribution in [3.8, 4) is 0 Å². The van der Waals surface area contributed by atoms with Crippen LogP contribution in [0.1, 0.15) is 38.5 Å². The molecular weight excluding hydrogens is 164 g/mol. The first kappa shape index (κ1) is 10.5. The number of nitrogens with one attached hydrogen (secondary N) is 2. The summed E-state index contributed by atoms with van der Waals surface area (Å²) in [5.41, 5.74) is 0. The second kappa shape index (κ2) is 5.97. The van der Waals surface area contributed by atoms with Crippen LogP contribution in [0.15, 0.2) is 0 Å². The fourth-order valence-corrected chi connectivity index (χ4v) is 1.79. The SMILES string of the molecule is CNCCC(=O)NC1CCCCC1. The molecule has 0 saturated heterocycles. The summed E-state index contributed by atoms with van der Waals surface area (Å²) < 4.78 is 0. The highest BCUT2D eigenvalue weighted by Gasteiger charge is 2.14. The minimum atomic E-state index is 0.196. The van der Waals surface area contributed by atoms with Crippen molar-refractivity contribution in [2.24, 2.45) is 0 Å². The lowest BCUT2D eigenvalue weighted by Crippen LogP contribution is -2.37. The van der Waals surface area contributed by atoms with Gasteiger partial charge in [-0.25, -0.2) is 0 Å². The molecule has 0 heterocycles. The van der Waals surface area contributed by atoms with Gasteiger partial charge in [0.1, 0.15) is 0 Å². The minimum absolute atomic E-state index is 0.196. The van der Waals surface area contributed by atoms with Gasteiger partial charge in [-0.05, 0) is 19.9 Å². The highest BCUT2D eigenvalue weighted by Crippen LogP contribution is 2.17. The van der Waals surface area contributed by atoms with Crippen LogP contribution >= 0.6 is 0 Å². The third-order valence-electron chi connectivity index (χ3n) is 2.57. The van der Waals surface area contributed by atoms with E-state index in [2.05, 4.69) is 10.6 Å². The van der Waals surface area contributed by atoms with Crippen LogP contribution in [0.3, 0.4) is 0 Å². The lowest BCUT2D eigenvalue weighted by Gasteiger charge is -2.22. The fourth-order valence-electron chi connectivity index (χ4n) is 1.79. The number of rotatable bonds is 4. The highest BCUT2D eigenvalue weighted by molar-refractivity contribution is 5.76. The van der Waals surface area contributed by atoms with Gasteiger partial charge in [-0.1, -0.05) is 19.3 Å². The zero-order chi connectivity index (χ0) is 9.52. The monoisotopic (exact) mass is 184 g/mol.